The van der Waals surface area contributed by atoms with E-state index in [-0.39, 0.29) is 6.04 Å². The third kappa shape index (κ3) is 5.45. The van der Waals surface area contributed by atoms with Crippen molar-refractivity contribution in [1.82, 2.24) is 10.0 Å². The van der Waals surface area contributed by atoms with Crippen molar-refractivity contribution in [2.45, 2.75) is 39.0 Å². The molecule has 0 saturated carbocycles. The molecular weight excluding hydrogens is 434 g/mol. The van der Waals surface area contributed by atoms with Gasteiger partial charge in [-0.05, 0) is 50.1 Å². The van der Waals surface area contributed by atoms with Crippen molar-refractivity contribution in [1.29, 1.82) is 0 Å². The summed E-state index contributed by atoms with van der Waals surface area (Å²) in [5, 5.41) is 0.900. The molecule has 1 atom stereocenters. The number of hydroxylamine groups is 1. The van der Waals surface area contributed by atoms with Crippen molar-refractivity contribution in [2.75, 3.05) is 6.54 Å². The van der Waals surface area contributed by atoms with E-state index >= 15 is 0 Å². The van der Waals surface area contributed by atoms with Crippen LogP contribution in [0.1, 0.15) is 37.9 Å². The van der Waals surface area contributed by atoms with Crippen LogP contribution in [0, 0.1) is 0 Å². The van der Waals surface area contributed by atoms with Gasteiger partial charge < -0.3 is 10.5 Å². The Morgan fingerprint density at radius 3 is 2.59 bits per heavy atom. The highest BCUT2D eigenvalue weighted by Gasteiger charge is 2.23. The highest BCUT2D eigenvalue weighted by Crippen LogP contribution is 2.30. The molecule has 0 aliphatic rings. The van der Waals surface area contributed by atoms with Gasteiger partial charge in [0, 0.05) is 22.6 Å². The Kier molecular flexibility index (Phi) is 6.74. The molecule has 2 aromatic carbocycles. The summed E-state index contributed by atoms with van der Waals surface area (Å²) in [7, 11) is 0. The Morgan fingerprint density at radius 2 is 1.93 bits per heavy atom. The van der Waals surface area contributed by atoms with Crippen molar-refractivity contribution in [3.63, 3.8) is 0 Å². The number of fused-ring (bicyclic) bond motifs is 1. The van der Waals surface area contributed by atoms with Crippen LogP contribution in [0.4, 0.5) is 4.79 Å². The summed E-state index contributed by atoms with van der Waals surface area (Å²) in [4.78, 5) is 18.4. The van der Waals surface area contributed by atoms with Crippen molar-refractivity contribution in [3.8, 4) is 0 Å². The third-order valence-corrected chi connectivity index (χ3v) is 4.80. The minimum atomic E-state index is -0.590. The minimum absolute atomic E-state index is 0.292. The second kappa shape index (κ2) is 9.09. The molecule has 29 heavy (non-hydrogen) atoms. The first-order valence-corrected chi connectivity index (χ1v) is 10.2. The zero-order valence-electron chi connectivity index (χ0n) is 16.8. The standard InChI is InChI=1S/C22H26BrN3O3/c1-22(2,3)29-21(27)26-13-18(17-11-16(23)9-10-20(17)26)19(12-24)25-28-14-15-7-5-4-6-8-15/h4-11,13,19,25H,12,14,24H2,1-3H3. The average molecular weight is 460 g/mol. The highest BCUT2D eigenvalue weighted by molar-refractivity contribution is 9.10. The molecule has 3 aromatic rings. The highest BCUT2D eigenvalue weighted by atomic mass is 79.9. The lowest BCUT2D eigenvalue weighted by Gasteiger charge is -2.19. The van der Waals surface area contributed by atoms with Gasteiger partial charge in [0.05, 0.1) is 18.2 Å². The number of carbonyl (C=O) groups excluding carboxylic acids is 1. The predicted molar refractivity (Wildman–Crippen MR) is 117 cm³/mol. The number of benzene rings is 2. The number of halogens is 1. The fourth-order valence-electron chi connectivity index (χ4n) is 3.01. The van der Waals surface area contributed by atoms with E-state index in [1.807, 2.05) is 69.3 Å². The van der Waals surface area contributed by atoms with Crippen LogP contribution in [-0.4, -0.2) is 22.8 Å². The van der Waals surface area contributed by atoms with Gasteiger partial charge in [0.15, 0.2) is 0 Å². The average Bonchev–Trinajstić information content (AvgIpc) is 3.03. The molecule has 0 amide bonds. The van der Waals surface area contributed by atoms with E-state index in [0.29, 0.717) is 13.2 Å². The van der Waals surface area contributed by atoms with Gasteiger partial charge in [-0.15, -0.1) is 0 Å². The van der Waals surface area contributed by atoms with Gasteiger partial charge >= 0.3 is 6.09 Å². The first-order valence-electron chi connectivity index (χ1n) is 9.43. The third-order valence-electron chi connectivity index (χ3n) is 4.31. The van der Waals surface area contributed by atoms with E-state index in [9.17, 15) is 4.79 Å². The Bertz CT molecular complexity index is 980. The molecule has 0 spiro atoms. The molecule has 0 aliphatic heterocycles. The molecule has 154 valence electrons. The summed E-state index contributed by atoms with van der Waals surface area (Å²) in [5.41, 5.74) is 11.1. The molecule has 0 bridgehead atoms. The molecular formula is C22H26BrN3O3. The molecule has 1 aromatic heterocycles. The van der Waals surface area contributed by atoms with E-state index in [4.69, 9.17) is 15.3 Å². The summed E-state index contributed by atoms with van der Waals surface area (Å²) in [6.45, 7) is 6.24. The smallest absolute Gasteiger partial charge is 0.419 e. The van der Waals surface area contributed by atoms with E-state index in [1.165, 1.54) is 4.57 Å². The van der Waals surface area contributed by atoms with E-state index < -0.39 is 11.7 Å². The monoisotopic (exact) mass is 459 g/mol. The summed E-state index contributed by atoms with van der Waals surface area (Å²) >= 11 is 3.51. The number of aromatic nitrogens is 1. The van der Waals surface area contributed by atoms with Crippen molar-refractivity contribution >= 4 is 32.9 Å². The zero-order chi connectivity index (χ0) is 21.0. The maximum Gasteiger partial charge on any atom is 0.419 e. The molecule has 7 heteroatoms. The molecule has 1 unspecified atom stereocenters. The number of ether oxygens (including phenoxy) is 1. The molecule has 0 radical (unpaired) electrons. The van der Waals surface area contributed by atoms with Gasteiger partial charge in [-0.2, -0.15) is 5.48 Å². The lowest BCUT2D eigenvalue weighted by Crippen LogP contribution is -2.29. The second-order valence-electron chi connectivity index (χ2n) is 7.78. The van der Waals surface area contributed by atoms with Gasteiger partial charge in [-0.3, -0.25) is 9.40 Å². The van der Waals surface area contributed by atoms with Gasteiger partial charge in [0.2, 0.25) is 0 Å². The molecule has 3 rings (SSSR count). The van der Waals surface area contributed by atoms with Crippen LogP contribution in [-0.2, 0) is 16.2 Å². The van der Waals surface area contributed by atoms with Crippen molar-refractivity contribution in [2.24, 2.45) is 5.73 Å². The fourth-order valence-corrected chi connectivity index (χ4v) is 3.37. The minimum Gasteiger partial charge on any atom is -0.443 e. The molecule has 6 nitrogen and oxygen atoms in total. The Hall–Kier alpha value is -2.19. The number of hydrogen-bond donors (Lipinski definition) is 2. The Labute approximate surface area is 179 Å². The first kappa shape index (κ1) is 21.5. The Morgan fingerprint density at radius 1 is 1.21 bits per heavy atom. The van der Waals surface area contributed by atoms with Gasteiger partial charge in [0.1, 0.15) is 5.60 Å². The maximum absolute atomic E-state index is 12.7. The van der Waals surface area contributed by atoms with Crippen LogP contribution in [0.2, 0.25) is 0 Å². The molecule has 0 saturated heterocycles. The molecule has 3 N–H and O–H groups in total. The summed E-state index contributed by atoms with van der Waals surface area (Å²) in [5.74, 6) is 0. The number of nitrogens with one attached hydrogen (secondary N) is 1. The summed E-state index contributed by atoms with van der Waals surface area (Å²) in [6.07, 6.45) is 1.33. The first-order chi connectivity index (χ1) is 13.8. The van der Waals surface area contributed by atoms with Crippen LogP contribution in [0.5, 0.6) is 0 Å². The van der Waals surface area contributed by atoms with Gasteiger partial charge in [-0.1, -0.05) is 46.3 Å². The van der Waals surface area contributed by atoms with Crippen molar-refractivity contribution < 1.29 is 14.4 Å². The quantitative estimate of drug-likeness (QED) is 0.512. The zero-order valence-corrected chi connectivity index (χ0v) is 18.4. The Balaban J connectivity index is 1.88. The molecule has 0 aliphatic carbocycles. The normalized spacial score (nSPS) is 12.9. The number of nitrogens with zero attached hydrogens (tertiary/aromatic N) is 1. The van der Waals surface area contributed by atoms with Crippen LogP contribution in [0.15, 0.2) is 59.2 Å². The lowest BCUT2D eigenvalue weighted by molar-refractivity contribution is 0.00509. The van der Waals surface area contributed by atoms with Crippen molar-refractivity contribution in [3.05, 3.63) is 70.3 Å². The summed E-state index contributed by atoms with van der Waals surface area (Å²) < 4.78 is 7.99. The number of rotatable bonds is 6. The molecule has 1 heterocycles. The second-order valence-corrected chi connectivity index (χ2v) is 8.69. The van der Waals surface area contributed by atoms with Crippen LogP contribution >= 0.6 is 15.9 Å². The van der Waals surface area contributed by atoms with E-state index in [0.717, 1.165) is 26.5 Å². The number of hydrogen-bond acceptors (Lipinski definition) is 5. The number of nitrogens with two attached hydrogens (primary N) is 1. The topological polar surface area (TPSA) is 78.5 Å². The predicted octanol–water partition coefficient (Wildman–Crippen LogP) is 4.91. The summed E-state index contributed by atoms with van der Waals surface area (Å²) in [6, 6.07) is 15.3. The van der Waals surface area contributed by atoms with Crippen LogP contribution in [0.3, 0.4) is 0 Å². The van der Waals surface area contributed by atoms with Gasteiger partial charge in [-0.25, -0.2) is 4.79 Å². The van der Waals surface area contributed by atoms with Crippen LogP contribution in [0.25, 0.3) is 10.9 Å². The SMILES string of the molecule is CC(C)(C)OC(=O)n1cc(C(CN)NOCc2ccccc2)c2cc(Br)ccc21. The fraction of sp³-hybridized carbons (Fsp3) is 0.318. The van der Waals surface area contributed by atoms with E-state index in [1.54, 1.807) is 6.20 Å². The van der Waals surface area contributed by atoms with Gasteiger partial charge in [0.25, 0.3) is 0 Å². The van der Waals surface area contributed by atoms with E-state index in [2.05, 4.69) is 21.4 Å². The van der Waals surface area contributed by atoms with Crippen LogP contribution < -0.4 is 11.2 Å². The number of carbonyl (C=O) groups is 1. The largest absolute Gasteiger partial charge is 0.443 e. The maximum atomic E-state index is 12.7. The molecule has 0 fully saturated rings. The lowest BCUT2D eigenvalue weighted by atomic mass is 10.1.